The molecule has 1 aromatic rings. The third-order valence-corrected chi connectivity index (χ3v) is 3.70. The second-order valence-electron chi connectivity index (χ2n) is 3.71. The highest BCUT2D eigenvalue weighted by atomic mass is 32.2. The van der Waals surface area contributed by atoms with E-state index >= 15 is 0 Å². The fourth-order valence-electron chi connectivity index (χ4n) is 1.39. The molecule has 1 amide bonds. The molecule has 0 saturated carbocycles. The number of amides is 1. The Labute approximate surface area is 105 Å². The number of thioether (sulfide) groups is 1. The van der Waals surface area contributed by atoms with Crippen molar-refractivity contribution in [2.75, 3.05) is 19.1 Å². The Balaban J connectivity index is 2.41. The Kier molecular flexibility index (Phi) is 5.87. The van der Waals surface area contributed by atoms with Crippen molar-refractivity contribution in [1.82, 2.24) is 4.90 Å². The standard InChI is InChI=1S/C11H18N2OS2/c1-13(7-9-3-6-16-8-9)11(14)10(12)4-5-15-2/h3,6,8,10H,4-5,7,12H2,1-2H3/t10-/m0/s1. The van der Waals surface area contributed by atoms with Crippen LogP contribution in [0.1, 0.15) is 12.0 Å². The number of thiophene rings is 1. The fraction of sp³-hybridized carbons (Fsp3) is 0.545. The van der Waals surface area contributed by atoms with Crippen molar-refractivity contribution in [1.29, 1.82) is 0 Å². The SMILES string of the molecule is CSCC[C@H](N)C(=O)N(C)Cc1ccsc1. The molecule has 0 unspecified atom stereocenters. The zero-order valence-corrected chi connectivity index (χ0v) is 11.3. The summed E-state index contributed by atoms with van der Waals surface area (Å²) in [6.45, 7) is 0.648. The Morgan fingerprint density at radius 2 is 2.44 bits per heavy atom. The van der Waals surface area contributed by atoms with Gasteiger partial charge in [-0.3, -0.25) is 4.79 Å². The van der Waals surface area contributed by atoms with Crippen LogP contribution in [0, 0.1) is 0 Å². The quantitative estimate of drug-likeness (QED) is 0.846. The first-order valence-corrected chi connectivity index (χ1v) is 7.49. The molecule has 0 aromatic carbocycles. The van der Waals surface area contributed by atoms with Crippen molar-refractivity contribution in [2.24, 2.45) is 5.73 Å². The molecule has 0 aliphatic rings. The molecule has 1 atom stereocenters. The minimum atomic E-state index is -0.365. The molecule has 3 nitrogen and oxygen atoms in total. The fourth-order valence-corrected chi connectivity index (χ4v) is 2.54. The molecule has 0 radical (unpaired) electrons. The average Bonchev–Trinajstić information content (AvgIpc) is 2.77. The number of carbonyl (C=O) groups is 1. The van der Waals surface area contributed by atoms with E-state index in [1.54, 1.807) is 35.0 Å². The predicted molar refractivity (Wildman–Crippen MR) is 71.8 cm³/mol. The highest BCUT2D eigenvalue weighted by molar-refractivity contribution is 7.98. The van der Waals surface area contributed by atoms with Crippen molar-refractivity contribution in [2.45, 2.75) is 19.0 Å². The summed E-state index contributed by atoms with van der Waals surface area (Å²) in [5, 5.41) is 4.07. The number of hydrogen-bond donors (Lipinski definition) is 1. The van der Waals surface area contributed by atoms with Gasteiger partial charge in [-0.2, -0.15) is 23.1 Å². The van der Waals surface area contributed by atoms with Crippen LogP contribution in [-0.2, 0) is 11.3 Å². The Bertz CT molecular complexity index is 314. The van der Waals surface area contributed by atoms with E-state index in [0.29, 0.717) is 6.54 Å². The third kappa shape index (κ3) is 4.15. The summed E-state index contributed by atoms with van der Waals surface area (Å²) < 4.78 is 0. The van der Waals surface area contributed by atoms with Gasteiger partial charge in [-0.05, 0) is 40.8 Å². The number of hydrogen-bond acceptors (Lipinski definition) is 4. The van der Waals surface area contributed by atoms with E-state index in [-0.39, 0.29) is 11.9 Å². The molecule has 1 heterocycles. The van der Waals surface area contributed by atoms with Gasteiger partial charge in [-0.1, -0.05) is 0 Å². The van der Waals surface area contributed by atoms with Gasteiger partial charge in [0.15, 0.2) is 0 Å². The maximum Gasteiger partial charge on any atom is 0.239 e. The van der Waals surface area contributed by atoms with Crippen molar-refractivity contribution in [3.8, 4) is 0 Å². The third-order valence-electron chi connectivity index (χ3n) is 2.33. The van der Waals surface area contributed by atoms with Crippen molar-refractivity contribution in [3.05, 3.63) is 22.4 Å². The molecule has 16 heavy (non-hydrogen) atoms. The number of nitrogens with zero attached hydrogens (tertiary/aromatic N) is 1. The maximum absolute atomic E-state index is 11.9. The van der Waals surface area contributed by atoms with Crippen molar-refractivity contribution >= 4 is 29.0 Å². The molecule has 0 fully saturated rings. The number of rotatable bonds is 6. The zero-order valence-electron chi connectivity index (χ0n) is 9.68. The van der Waals surface area contributed by atoms with Crippen LogP contribution in [0.3, 0.4) is 0 Å². The largest absolute Gasteiger partial charge is 0.340 e. The maximum atomic E-state index is 11.9. The van der Waals surface area contributed by atoms with Gasteiger partial charge < -0.3 is 10.6 Å². The second-order valence-corrected chi connectivity index (χ2v) is 5.48. The van der Waals surface area contributed by atoms with E-state index in [2.05, 4.69) is 5.38 Å². The van der Waals surface area contributed by atoms with Crippen LogP contribution >= 0.6 is 23.1 Å². The van der Waals surface area contributed by atoms with E-state index in [4.69, 9.17) is 5.73 Å². The van der Waals surface area contributed by atoms with E-state index < -0.39 is 0 Å². The summed E-state index contributed by atoms with van der Waals surface area (Å²) in [7, 11) is 1.80. The van der Waals surface area contributed by atoms with Gasteiger partial charge >= 0.3 is 0 Å². The van der Waals surface area contributed by atoms with Gasteiger partial charge in [0.1, 0.15) is 0 Å². The summed E-state index contributed by atoms with van der Waals surface area (Å²) in [6, 6.07) is 1.66. The van der Waals surface area contributed by atoms with Gasteiger partial charge in [-0.25, -0.2) is 0 Å². The first-order valence-electron chi connectivity index (χ1n) is 5.15. The molecule has 1 aromatic heterocycles. The molecule has 90 valence electrons. The smallest absolute Gasteiger partial charge is 0.239 e. The van der Waals surface area contributed by atoms with Crippen LogP contribution in [-0.4, -0.2) is 35.9 Å². The van der Waals surface area contributed by atoms with E-state index in [9.17, 15) is 4.79 Å². The van der Waals surface area contributed by atoms with E-state index in [1.165, 1.54) is 0 Å². The minimum Gasteiger partial charge on any atom is -0.340 e. The van der Waals surface area contributed by atoms with Crippen LogP contribution in [0.15, 0.2) is 16.8 Å². The molecule has 0 aliphatic heterocycles. The lowest BCUT2D eigenvalue weighted by atomic mass is 10.2. The number of likely N-dealkylation sites (N-methyl/N-ethyl adjacent to an activating group) is 1. The van der Waals surface area contributed by atoms with Crippen LogP contribution in [0.4, 0.5) is 0 Å². The highest BCUT2D eigenvalue weighted by Gasteiger charge is 2.17. The van der Waals surface area contributed by atoms with Crippen molar-refractivity contribution < 1.29 is 4.79 Å². The molecular weight excluding hydrogens is 240 g/mol. The van der Waals surface area contributed by atoms with Crippen molar-refractivity contribution in [3.63, 3.8) is 0 Å². The zero-order chi connectivity index (χ0) is 12.0. The Morgan fingerprint density at radius 3 is 3.00 bits per heavy atom. The summed E-state index contributed by atoms with van der Waals surface area (Å²) in [6.07, 6.45) is 2.76. The van der Waals surface area contributed by atoms with Crippen LogP contribution in [0.25, 0.3) is 0 Å². The monoisotopic (exact) mass is 258 g/mol. The summed E-state index contributed by atoms with van der Waals surface area (Å²) in [4.78, 5) is 13.6. The van der Waals surface area contributed by atoms with Crippen LogP contribution in [0.5, 0.6) is 0 Å². The van der Waals surface area contributed by atoms with E-state index in [0.717, 1.165) is 17.7 Å². The summed E-state index contributed by atoms with van der Waals surface area (Å²) in [5.41, 5.74) is 7.00. The molecule has 5 heteroatoms. The van der Waals surface area contributed by atoms with Gasteiger partial charge in [0.25, 0.3) is 0 Å². The summed E-state index contributed by atoms with van der Waals surface area (Å²) >= 11 is 3.36. The number of nitrogens with two attached hydrogens (primary N) is 1. The van der Waals surface area contributed by atoms with E-state index in [1.807, 2.05) is 17.7 Å². The normalized spacial score (nSPS) is 12.4. The lowest BCUT2D eigenvalue weighted by Gasteiger charge is -2.20. The summed E-state index contributed by atoms with van der Waals surface area (Å²) in [5.74, 6) is 0.958. The molecule has 1 rings (SSSR count). The average molecular weight is 258 g/mol. The lowest BCUT2D eigenvalue weighted by molar-refractivity contribution is -0.131. The van der Waals surface area contributed by atoms with Crippen LogP contribution in [0.2, 0.25) is 0 Å². The predicted octanol–water partition coefficient (Wildman–Crippen LogP) is 1.79. The molecule has 0 bridgehead atoms. The van der Waals surface area contributed by atoms with Gasteiger partial charge in [-0.15, -0.1) is 0 Å². The first-order chi connectivity index (χ1) is 7.65. The Morgan fingerprint density at radius 1 is 1.69 bits per heavy atom. The van der Waals surface area contributed by atoms with Gasteiger partial charge in [0.2, 0.25) is 5.91 Å². The first kappa shape index (κ1) is 13.5. The number of carbonyl (C=O) groups excluding carboxylic acids is 1. The van der Waals surface area contributed by atoms with Gasteiger partial charge in [0.05, 0.1) is 6.04 Å². The molecule has 0 spiro atoms. The van der Waals surface area contributed by atoms with Gasteiger partial charge in [0, 0.05) is 13.6 Å². The molecule has 2 N–H and O–H groups in total. The second kappa shape index (κ2) is 6.93. The lowest BCUT2D eigenvalue weighted by Crippen LogP contribution is -2.41. The molecule has 0 saturated heterocycles. The molecular formula is C11H18N2OS2. The highest BCUT2D eigenvalue weighted by Crippen LogP contribution is 2.09. The topological polar surface area (TPSA) is 46.3 Å². The minimum absolute atomic E-state index is 0.0280. The Hall–Kier alpha value is -0.520. The van der Waals surface area contributed by atoms with Crippen LogP contribution < -0.4 is 5.73 Å². The molecule has 0 aliphatic carbocycles.